The van der Waals surface area contributed by atoms with Crippen molar-refractivity contribution in [2.75, 3.05) is 21.3 Å². The van der Waals surface area contributed by atoms with E-state index in [-0.39, 0.29) is 0 Å². The average Bonchev–Trinajstić information content (AvgIpc) is 2.44. The summed E-state index contributed by atoms with van der Waals surface area (Å²) in [5, 5.41) is 10.4. The minimum atomic E-state index is -0.593. The second-order valence-electron chi connectivity index (χ2n) is 5.29. The summed E-state index contributed by atoms with van der Waals surface area (Å²) in [5.41, 5.74) is 0.694. The van der Waals surface area contributed by atoms with Crippen LogP contribution >= 0.6 is 0 Å². The third-order valence-electron chi connectivity index (χ3n) is 3.35. The fraction of sp³-hybridized carbons (Fsp3) is 0.625. The van der Waals surface area contributed by atoms with Crippen LogP contribution in [0.4, 0.5) is 0 Å². The second kappa shape index (κ2) is 8.00. The molecule has 4 heteroatoms. The topological polar surface area (TPSA) is 47.9 Å². The van der Waals surface area contributed by atoms with Crippen LogP contribution in [-0.2, 0) is 0 Å². The van der Waals surface area contributed by atoms with E-state index in [4.69, 9.17) is 14.2 Å². The van der Waals surface area contributed by atoms with Crippen LogP contribution in [0.2, 0.25) is 0 Å². The molecule has 1 aromatic carbocycles. The lowest BCUT2D eigenvalue weighted by Crippen LogP contribution is -2.05. The lowest BCUT2D eigenvalue weighted by Gasteiger charge is -2.19. The predicted octanol–water partition coefficient (Wildman–Crippen LogP) is 3.57. The number of benzene rings is 1. The first-order valence-corrected chi connectivity index (χ1v) is 7.01. The van der Waals surface area contributed by atoms with E-state index in [1.165, 1.54) is 0 Å². The molecule has 0 aliphatic rings. The van der Waals surface area contributed by atoms with Crippen molar-refractivity contribution in [3.63, 3.8) is 0 Å². The van der Waals surface area contributed by atoms with E-state index in [1.807, 2.05) is 0 Å². The van der Waals surface area contributed by atoms with Crippen LogP contribution in [0.25, 0.3) is 0 Å². The molecule has 0 heterocycles. The summed E-state index contributed by atoms with van der Waals surface area (Å²) >= 11 is 0. The third-order valence-corrected chi connectivity index (χ3v) is 3.35. The van der Waals surface area contributed by atoms with Crippen LogP contribution < -0.4 is 14.2 Å². The number of aliphatic hydroxyl groups excluding tert-OH is 1. The van der Waals surface area contributed by atoms with Crippen molar-refractivity contribution in [2.45, 2.75) is 39.2 Å². The molecule has 0 saturated heterocycles. The predicted molar refractivity (Wildman–Crippen MR) is 79.7 cm³/mol. The molecule has 1 N–H and O–H groups in total. The molecule has 0 bridgehead atoms. The van der Waals surface area contributed by atoms with Crippen molar-refractivity contribution in [1.29, 1.82) is 0 Å². The van der Waals surface area contributed by atoms with Crippen molar-refractivity contribution >= 4 is 0 Å². The Balaban J connectivity index is 2.96. The largest absolute Gasteiger partial charge is 0.496 e. The molecule has 0 saturated carbocycles. The van der Waals surface area contributed by atoms with E-state index in [0.29, 0.717) is 35.2 Å². The van der Waals surface area contributed by atoms with E-state index in [1.54, 1.807) is 33.5 Å². The van der Waals surface area contributed by atoms with Crippen LogP contribution in [0.1, 0.15) is 44.8 Å². The van der Waals surface area contributed by atoms with Gasteiger partial charge in [0.15, 0.2) is 0 Å². The Kier molecular flexibility index (Phi) is 6.65. The van der Waals surface area contributed by atoms with Crippen molar-refractivity contribution in [2.24, 2.45) is 5.92 Å². The molecule has 1 atom stereocenters. The fourth-order valence-electron chi connectivity index (χ4n) is 2.22. The van der Waals surface area contributed by atoms with E-state index in [2.05, 4.69) is 13.8 Å². The summed E-state index contributed by atoms with van der Waals surface area (Å²) in [4.78, 5) is 0. The third kappa shape index (κ3) is 4.30. The van der Waals surface area contributed by atoms with E-state index < -0.39 is 6.10 Å². The Hall–Kier alpha value is -1.42. The van der Waals surface area contributed by atoms with Crippen molar-refractivity contribution in [3.8, 4) is 17.2 Å². The maximum atomic E-state index is 10.4. The Morgan fingerprint density at radius 3 is 1.90 bits per heavy atom. The van der Waals surface area contributed by atoms with Crippen molar-refractivity contribution in [1.82, 2.24) is 0 Å². The summed E-state index contributed by atoms with van der Waals surface area (Å²) in [5.74, 6) is 2.48. The highest BCUT2D eigenvalue weighted by molar-refractivity contribution is 5.51. The van der Waals surface area contributed by atoms with Gasteiger partial charge >= 0.3 is 0 Å². The number of hydrogen-bond acceptors (Lipinski definition) is 4. The zero-order chi connectivity index (χ0) is 15.1. The summed E-state index contributed by atoms with van der Waals surface area (Å²) in [6, 6.07) is 3.53. The number of methoxy groups -OCH3 is 3. The second-order valence-corrected chi connectivity index (χ2v) is 5.29. The van der Waals surface area contributed by atoms with E-state index >= 15 is 0 Å². The van der Waals surface area contributed by atoms with Gasteiger partial charge in [-0.15, -0.1) is 0 Å². The van der Waals surface area contributed by atoms with Gasteiger partial charge in [-0.3, -0.25) is 0 Å². The molecule has 1 aromatic rings. The van der Waals surface area contributed by atoms with Crippen molar-refractivity contribution in [3.05, 3.63) is 17.7 Å². The van der Waals surface area contributed by atoms with E-state index in [9.17, 15) is 5.11 Å². The number of ether oxygens (including phenoxy) is 3. The minimum absolute atomic E-state index is 0.593. The van der Waals surface area contributed by atoms with Gasteiger partial charge in [-0.25, -0.2) is 0 Å². The normalized spacial score (nSPS) is 12.3. The van der Waals surface area contributed by atoms with Gasteiger partial charge in [0.05, 0.1) is 33.0 Å². The molecule has 0 aliphatic heterocycles. The first kappa shape index (κ1) is 16.6. The van der Waals surface area contributed by atoms with Crippen LogP contribution in [-0.4, -0.2) is 26.4 Å². The summed E-state index contributed by atoms with van der Waals surface area (Å²) in [7, 11) is 4.75. The maximum Gasteiger partial charge on any atom is 0.132 e. The standard InChI is InChI=1S/C16H26O4/c1-11(2)7-6-8-13(17)16-14(19-4)9-12(18-3)10-15(16)20-5/h9-11,13,17H,6-8H2,1-5H3. The highest BCUT2D eigenvalue weighted by atomic mass is 16.5. The van der Waals surface area contributed by atoms with E-state index in [0.717, 1.165) is 12.8 Å². The lowest BCUT2D eigenvalue weighted by molar-refractivity contribution is 0.153. The molecule has 20 heavy (non-hydrogen) atoms. The summed E-state index contributed by atoms with van der Waals surface area (Å²) in [6.07, 6.45) is 2.16. The monoisotopic (exact) mass is 282 g/mol. The maximum absolute atomic E-state index is 10.4. The van der Waals surface area contributed by atoms with Gasteiger partial charge in [0.1, 0.15) is 17.2 Å². The molecule has 0 radical (unpaired) electrons. The van der Waals surface area contributed by atoms with Gasteiger partial charge in [0.2, 0.25) is 0 Å². The quantitative estimate of drug-likeness (QED) is 0.792. The molecule has 114 valence electrons. The molecule has 0 aliphatic carbocycles. The van der Waals surface area contributed by atoms with Gasteiger partial charge in [-0.05, 0) is 12.3 Å². The van der Waals surface area contributed by atoms with Crippen molar-refractivity contribution < 1.29 is 19.3 Å². The fourth-order valence-corrected chi connectivity index (χ4v) is 2.22. The molecule has 0 fully saturated rings. The first-order chi connectivity index (χ1) is 9.53. The summed E-state index contributed by atoms with van der Waals surface area (Å²) in [6.45, 7) is 4.36. The van der Waals surface area contributed by atoms with Gasteiger partial charge in [-0.2, -0.15) is 0 Å². The zero-order valence-electron chi connectivity index (χ0n) is 13.1. The molecule has 1 unspecified atom stereocenters. The number of rotatable bonds is 8. The highest BCUT2D eigenvalue weighted by Gasteiger charge is 2.20. The molecular formula is C16H26O4. The molecule has 1 rings (SSSR count). The number of aliphatic hydroxyl groups is 1. The van der Waals surface area contributed by atoms with Gasteiger partial charge in [-0.1, -0.05) is 26.7 Å². The number of hydrogen-bond donors (Lipinski definition) is 1. The summed E-state index contributed by atoms with van der Waals surface area (Å²) < 4.78 is 15.9. The van der Waals surface area contributed by atoms with Gasteiger partial charge < -0.3 is 19.3 Å². The smallest absolute Gasteiger partial charge is 0.132 e. The highest BCUT2D eigenvalue weighted by Crippen LogP contribution is 2.39. The Labute approximate surface area is 121 Å². The molecule has 0 aromatic heterocycles. The van der Waals surface area contributed by atoms with Gasteiger partial charge in [0.25, 0.3) is 0 Å². The molecule has 4 nitrogen and oxygen atoms in total. The van der Waals surface area contributed by atoms with Crippen LogP contribution in [0, 0.1) is 5.92 Å². The zero-order valence-corrected chi connectivity index (χ0v) is 13.1. The lowest BCUT2D eigenvalue weighted by atomic mass is 9.98. The Morgan fingerprint density at radius 2 is 1.50 bits per heavy atom. The minimum Gasteiger partial charge on any atom is -0.496 e. The Bertz CT molecular complexity index is 390. The van der Waals surface area contributed by atoms with Crippen LogP contribution in [0.5, 0.6) is 17.2 Å². The Morgan fingerprint density at radius 1 is 0.950 bits per heavy atom. The average molecular weight is 282 g/mol. The van der Waals surface area contributed by atoms with Gasteiger partial charge in [0, 0.05) is 12.1 Å². The molecule has 0 spiro atoms. The molecule has 0 amide bonds. The van der Waals surface area contributed by atoms with Crippen LogP contribution in [0.3, 0.4) is 0 Å². The first-order valence-electron chi connectivity index (χ1n) is 7.01. The van der Waals surface area contributed by atoms with Crippen LogP contribution in [0.15, 0.2) is 12.1 Å². The SMILES string of the molecule is COc1cc(OC)c(C(O)CCCC(C)C)c(OC)c1. The molecular weight excluding hydrogens is 256 g/mol.